The third-order valence-electron chi connectivity index (χ3n) is 1.75. The largest absolute Gasteiger partial charge is 0.495 e. The third kappa shape index (κ3) is 2.47. The average Bonchev–Trinajstić information content (AvgIpc) is 2.03. The fraction of sp³-hybridized carbons (Fsp3) is 0.300. The Hall–Kier alpha value is -1.51. The molecule has 0 bridgehead atoms. The summed E-state index contributed by atoms with van der Waals surface area (Å²) in [6, 6.07) is 5.38. The van der Waals surface area contributed by atoms with Crippen LogP contribution in [0.4, 0.5) is 5.69 Å². The molecule has 13 heavy (non-hydrogen) atoms. The maximum Gasteiger partial charge on any atom is 0.141 e. The summed E-state index contributed by atoms with van der Waals surface area (Å²) in [6.45, 7) is 1.56. The molecule has 0 spiro atoms. The maximum absolute atomic E-state index is 10.8. The lowest BCUT2D eigenvalue weighted by Gasteiger charge is -2.05. The van der Waals surface area contributed by atoms with Gasteiger partial charge in [0.1, 0.15) is 11.5 Å². The Morgan fingerprint density at radius 1 is 1.54 bits per heavy atom. The highest BCUT2D eigenvalue weighted by Crippen LogP contribution is 2.21. The topological polar surface area (TPSA) is 52.3 Å². The molecule has 0 radical (unpaired) electrons. The van der Waals surface area contributed by atoms with Crippen LogP contribution in [0.5, 0.6) is 5.75 Å². The van der Waals surface area contributed by atoms with Gasteiger partial charge in [-0.2, -0.15) is 0 Å². The van der Waals surface area contributed by atoms with Gasteiger partial charge in [0.15, 0.2) is 0 Å². The Morgan fingerprint density at radius 3 is 2.69 bits per heavy atom. The van der Waals surface area contributed by atoms with Crippen molar-refractivity contribution in [3.8, 4) is 5.75 Å². The number of nitrogens with two attached hydrogens (primary N) is 1. The molecule has 0 fully saturated rings. The van der Waals surface area contributed by atoms with Crippen molar-refractivity contribution in [2.24, 2.45) is 0 Å². The van der Waals surface area contributed by atoms with E-state index in [2.05, 4.69) is 0 Å². The Balaban J connectivity index is 2.89. The zero-order chi connectivity index (χ0) is 9.84. The lowest BCUT2D eigenvalue weighted by molar-refractivity contribution is -0.116. The summed E-state index contributed by atoms with van der Waals surface area (Å²) in [4.78, 5) is 10.8. The first-order chi connectivity index (χ1) is 6.13. The van der Waals surface area contributed by atoms with Gasteiger partial charge in [0, 0.05) is 6.42 Å². The number of Topliss-reactive ketones (excluding diaryl/α,β-unsaturated/α-hetero) is 1. The number of hydrogen-bond acceptors (Lipinski definition) is 3. The van der Waals surface area contributed by atoms with Gasteiger partial charge in [0.2, 0.25) is 0 Å². The molecule has 0 saturated carbocycles. The molecule has 0 atom stereocenters. The molecule has 0 aliphatic rings. The van der Waals surface area contributed by atoms with Crippen LogP contribution in [-0.2, 0) is 11.2 Å². The number of rotatable bonds is 3. The Kier molecular flexibility index (Phi) is 2.90. The molecule has 3 nitrogen and oxygen atoms in total. The van der Waals surface area contributed by atoms with Crippen LogP contribution in [0, 0.1) is 0 Å². The van der Waals surface area contributed by atoms with Gasteiger partial charge in [-0.05, 0) is 24.6 Å². The predicted molar refractivity (Wildman–Crippen MR) is 51.8 cm³/mol. The fourth-order valence-corrected chi connectivity index (χ4v) is 1.18. The van der Waals surface area contributed by atoms with Crippen molar-refractivity contribution >= 4 is 11.5 Å². The number of methoxy groups -OCH3 is 1. The van der Waals surface area contributed by atoms with E-state index in [0.29, 0.717) is 17.9 Å². The maximum atomic E-state index is 10.8. The zero-order valence-electron chi connectivity index (χ0n) is 7.83. The molecule has 1 aromatic rings. The van der Waals surface area contributed by atoms with Crippen molar-refractivity contribution in [3.05, 3.63) is 23.8 Å². The van der Waals surface area contributed by atoms with E-state index in [1.54, 1.807) is 26.2 Å². The highest BCUT2D eigenvalue weighted by molar-refractivity contribution is 5.78. The van der Waals surface area contributed by atoms with Crippen LogP contribution < -0.4 is 10.5 Å². The molecule has 1 aromatic carbocycles. The first-order valence-corrected chi connectivity index (χ1v) is 4.05. The molecule has 0 amide bonds. The number of carbonyl (C=O) groups excluding carboxylic acids is 1. The monoisotopic (exact) mass is 179 g/mol. The van der Waals surface area contributed by atoms with Crippen LogP contribution >= 0.6 is 0 Å². The fourth-order valence-electron chi connectivity index (χ4n) is 1.18. The quantitative estimate of drug-likeness (QED) is 0.714. The van der Waals surface area contributed by atoms with Gasteiger partial charge in [0.05, 0.1) is 12.8 Å². The first kappa shape index (κ1) is 9.58. The van der Waals surface area contributed by atoms with E-state index >= 15 is 0 Å². The van der Waals surface area contributed by atoms with Crippen molar-refractivity contribution in [1.82, 2.24) is 0 Å². The van der Waals surface area contributed by atoms with Crippen molar-refractivity contribution in [2.45, 2.75) is 13.3 Å². The van der Waals surface area contributed by atoms with E-state index in [1.165, 1.54) is 0 Å². The van der Waals surface area contributed by atoms with E-state index in [-0.39, 0.29) is 5.78 Å². The van der Waals surface area contributed by atoms with Gasteiger partial charge >= 0.3 is 0 Å². The summed E-state index contributed by atoms with van der Waals surface area (Å²) in [5, 5.41) is 0. The summed E-state index contributed by atoms with van der Waals surface area (Å²) in [5.41, 5.74) is 7.16. The highest BCUT2D eigenvalue weighted by Gasteiger charge is 2.02. The molecule has 0 aliphatic heterocycles. The van der Waals surface area contributed by atoms with Crippen molar-refractivity contribution in [2.75, 3.05) is 12.8 Å². The molecule has 0 unspecified atom stereocenters. The minimum absolute atomic E-state index is 0.129. The van der Waals surface area contributed by atoms with E-state index in [0.717, 1.165) is 5.56 Å². The lowest BCUT2D eigenvalue weighted by Crippen LogP contribution is -1.98. The minimum atomic E-state index is 0.129. The van der Waals surface area contributed by atoms with E-state index in [9.17, 15) is 4.79 Å². The van der Waals surface area contributed by atoms with Crippen LogP contribution in [0.1, 0.15) is 12.5 Å². The number of carbonyl (C=O) groups is 1. The normalized spacial score (nSPS) is 9.69. The van der Waals surface area contributed by atoms with Gasteiger partial charge < -0.3 is 10.5 Å². The molecule has 70 valence electrons. The van der Waals surface area contributed by atoms with Crippen LogP contribution in [0.3, 0.4) is 0 Å². The molecule has 0 heterocycles. The molecule has 2 N–H and O–H groups in total. The van der Waals surface area contributed by atoms with Gasteiger partial charge in [-0.1, -0.05) is 6.07 Å². The molecule has 1 rings (SSSR count). The number of nitrogen functional groups attached to an aromatic ring is 1. The molecule has 3 heteroatoms. The summed E-state index contributed by atoms with van der Waals surface area (Å²) in [5.74, 6) is 0.775. The molecule has 0 saturated heterocycles. The Bertz CT molecular complexity index is 321. The minimum Gasteiger partial charge on any atom is -0.495 e. The Labute approximate surface area is 77.5 Å². The van der Waals surface area contributed by atoms with Crippen molar-refractivity contribution in [3.63, 3.8) is 0 Å². The van der Waals surface area contributed by atoms with Crippen LogP contribution in [0.25, 0.3) is 0 Å². The van der Waals surface area contributed by atoms with E-state index in [1.807, 2.05) is 6.07 Å². The number of hydrogen-bond donors (Lipinski definition) is 1. The van der Waals surface area contributed by atoms with Gasteiger partial charge in [0.25, 0.3) is 0 Å². The molecule has 0 aromatic heterocycles. The molecule has 0 aliphatic carbocycles. The summed E-state index contributed by atoms with van der Waals surface area (Å²) in [6.07, 6.45) is 0.425. The predicted octanol–water partition coefficient (Wildman–Crippen LogP) is 1.41. The van der Waals surface area contributed by atoms with E-state index < -0.39 is 0 Å². The SMILES string of the molecule is COc1ccc(CC(C)=O)cc1N. The van der Waals surface area contributed by atoms with Gasteiger partial charge in [-0.3, -0.25) is 4.79 Å². The zero-order valence-corrected chi connectivity index (χ0v) is 7.83. The van der Waals surface area contributed by atoms with Crippen LogP contribution in [0.2, 0.25) is 0 Å². The molecular formula is C10H13NO2. The summed E-state index contributed by atoms with van der Waals surface area (Å²) < 4.78 is 5.00. The summed E-state index contributed by atoms with van der Waals surface area (Å²) >= 11 is 0. The second kappa shape index (κ2) is 3.94. The van der Waals surface area contributed by atoms with Gasteiger partial charge in [-0.25, -0.2) is 0 Å². The smallest absolute Gasteiger partial charge is 0.141 e. The van der Waals surface area contributed by atoms with Crippen molar-refractivity contribution < 1.29 is 9.53 Å². The number of benzene rings is 1. The van der Waals surface area contributed by atoms with Gasteiger partial charge in [-0.15, -0.1) is 0 Å². The summed E-state index contributed by atoms with van der Waals surface area (Å²) in [7, 11) is 1.57. The lowest BCUT2D eigenvalue weighted by atomic mass is 10.1. The highest BCUT2D eigenvalue weighted by atomic mass is 16.5. The Morgan fingerprint density at radius 2 is 2.23 bits per heavy atom. The third-order valence-corrected chi connectivity index (χ3v) is 1.75. The molecular weight excluding hydrogens is 166 g/mol. The van der Waals surface area contributed by atoms with Crippen LogP contribution in [-0.4, -0.2) is 12.9 Å². The second-order valence-electron chi connectivity index (χ2n) is 2.96. The standard InChI is InChI=1S/C10H13NO2/c1-7(12)5-8-3-4-10(13-2)9(11)6-8/h3-4,6H,5,11H2,1-2H3. The first-order valence-electron chi connectivity index (χ1n) is 4.05. The van der Waals surface area contributed by atoms with E-state index in [4.69, 9.17) is 10.5 Å². The number of ether oxygens (including phenoxy) is 1. The average molecular weight is 179 g/mol. The number of ketones is 1. The van der Waals surface area contributed by atoms with Crippen molar-refractivity contribution in [1.29, 1.82) is 0 Å². The number of anilines is 1. The van der Waals surface area contributed by atoms with Crippen LogP contribution in [0.15, 0.2) is 18.2 Å². The second-order valence-corrected chi connectivity index (χ2v) is 2.96.